The molecule has 0 fully saturated rings. The molecule has 2 aromatic rings. The smallest absolute Gasteiger partial charge is 0.125 e. The van der Waals surface area contributed by atoms with Gasteiger partial charge in [-0.15, -0.1) is 0 Å². The highest BCUT2D eigenvalue weighted by atomic mass is 35.5. The second-order valence-electron chi connectivity index (χ2n) is 4.75. The van der Waals surface area contributed by atoms with Crippen molar-refractivity contribution in [1.82, 2.24) is 15.1 Å². The van der Waals surface area contributed by atoms with Crippen LogP contribution in [-0.2, 0) is 13.1 Å². The van der Waals surface area contributed by atoms with E-state index in [1.807, 2.05) is 12.1 Å². The Hall–Kier alpha value is -1.26. The molecule has 0 aromatic carbocycles. The Morgan fingerprint density at radius 1 is 1.39 bits per heavy atom. The highest BCUT2D eigenvalue weighted by Gasteiger charge is 2.04. The Labute approximate surface area is 112 Å². The van der Waals surface area contributed by atoms with E-state index in [0.717, 1.165) is 24.6 Å². The van der Waals surface area contributed by atoms with E-state index in [1.54, 1.807) is 17.1 Å². The average molecular weight is 268 g/mol. The standard InChI is InChI=1S/C13H18ClN3O/c1-10(2)5-15-7-12-3-4-13(18-12)9-17-8-11(14)6-16-17/h3-4,6,8,10,15H,5,7,9H2,1-2H3. The summed E-state index contributed by atoms with van der Waals surface area (Å²) in [7, 11) is 0. The summed E-state index contributed by atoms with van der Waals surface area (Å²) in [6.45, 7) is 6.73. The molecular weight excluding hydrogens is 250 g/mol. The van der Waals surface area contributed by atoms with Gasteiger partial charge < -0.3 is 9.73 Å². The fourth-order valence-corrected chi connectivity index (χ4v) is 1.83. The number of rotatable bonds is 6. The van der Waals surface area contributed by atoms with Gasteiger partial charge in [0.1, 0.15) is 11.5 Å². The molecule has 2 aromatic heterocycles. The van der Waals surface area contributed by atoms with Crippen LogP contribution in [-0.4, -0.2) is 16.3 Å². The summed E-state index contributed by atoms with van der Waals surface area (Å²) in [5, 5.41) is 8.10. The van der Waals surface area contributed by atoms with E-state index in [0.29, 0.717) is 17.5 Å². The number of hydrogen-bond donors (Lipinski definition) is 1. The maximum Gasteiger partial charge on any atom is 0.125 e. The number of nitrogens with one attached hydrogen (secondary N) is 1. The molecule has 2 heterocycles. The van der Waals surface area contributed by atoms with E-state index < -0.39 is 0 Å². The summed E-state index contributed by atoms with van der Waals surface area (Å²) in [4.78, 5) is 0. The summed E-state index contributed by atoms with van der Waals surface area (Å²) >= 11 is 5.81. The molecule has 0 aliphatic heterocycles. The molecule has 0 unspecified atom stereocenters. The minimum Gasteiger partial charge on any atom is -0.463 e. The number of hydrogen-bond acceptors (Lipinski definition) is 3. The van der Waals surface area contributed by atoms with Gasteiger partial charge in [0.15, 0.2) is 0 Å². The van der Waals surface area contributed by atoms with Crippen LogP contribution in [0.4, 0.5) is 0 Å². The van der Waals surface area contributed by atoms with Crippen LogP contribution < -0.4 is 5.32 Å². The van der Waals surface area contributed by atoms with Gasteiger partial charge >= 0.3 is 0 Å². The second-order valence-corrected chi connectivity index (χ2v) is 5.19. The van der Waals surface area contributed by atoms with Crippen LogP contribution in [0.2, 0.25) is 5.02 Å². The molecule has 0 saturated carbocycles. The molecule has 0 aliphatic carbocycles. The molecule has 0 radical (unpaired) electrons. The van der Waals surface area contributed by atoms with Crippen LogP contribution in [0.1, 0.15) is 25.4 Å². The molecule has 1 N–H and O–H groups in total. The van der Waals surface area contributed by atoms with E-state index >= 15 is 0 Å². The van der Waals surface area contributed by atoms with Crippen LogP contribution >= 0.6 is 11.6 Å². The fraction of sp³-hybridized carbons (Fsp3) is 0.462. The summed E-state index contributed by atoms with van der Waals surface area (Å²) in [5.74, 6) is 2.48. The third-order valence-electron chi connectivity index (χ3n) is 2.49. The number of aromatic nitrogens is 2. The minimum absolute atomic E-state index is 0.608. The molecule has 0 saturated heterocycles. The van der Waals surface area contributed by atoms with Gasteiger partial charge in [-0.1, -0.05) is 25.4 Å². The molecule has 2 rings (SSSR count). The lowest BCUT2D eigenvalue weighted by molar-refractivity contribution is 0.423. The van der Waals surface area contributed by atoms with Crippen molar-refractivity contribution in [1.29, 1.82) is 0 Å². The van der Waals surface area contributed by atoms with Crippen LogP contribution in [0, 0.1) is 5.92 Å². The molecule has 0 atom stereocenters. The summed E-state index contributed by atoms with van der Waals surface area (Å²) in [6.07, 6.45) is 3.40. The van der Waals surface area contributed by atoms with Gasteiger partial charge in [-0.3, -0.25) is 4.68 Å². The van der Waals surface area contributed by atoms with E-state index in [2.05, 4.69) is 24.3 Å². The Kier molecular flexibility index (Phi) is 4.44. The van der Waals surface area contributed by atoms with E-state index in [9.17, 15) is 0 Å². The minimum atomic E-state index is 0.608. The lowest BCUT2D eigenvalue weighted by Crippen LogP contribution is -2.18. The van der Waals surface area contributed by atoms with Crippen molar-refractivity contribution in [2.24, 2.45) is 5.92 Å². The predicted octanol–water partition coefficient (Wildman–Crippen LogP) is 2.92. The average Bonchev–Trinajstić information content (AvgIpc) is 2.89. The Morgan fingerprint density at radius 3 is 2.83 bits per heavy atom. The quantitative estimate of drug-likeness (QED) is 0.875. The molecule has 0 bridgehead atoms. The monoisotopic (exact) mass is 267 g/mol. The maximum atomic E-state index is 5.81. The van der Waals surface area contributed by atoms with E-state index in [-0.39, 0.29) is 0 Å². The largest absolute Gasteiger partial charge is 0.463 e. The molecule has 0 spiro atoms. The number of furan rings is 1. The van der Waals surface area contributed by atoms with Gasteiger partial charge in [0, 0.05) is 6.20 Å². The predicted molar refractivity (Wildman–Crippen MR) is 71.6 cm³/mol. The topological polar surface area (TPSA) is 43.0 Å². The molecular formula is C13H18ClN3O. The van der Waals surface area contributed by atoms with Crippen LogP contribution in [0.5, 0.6) is 0 Å². The normalized spacial score (nSPS) is 11.3. The Bertz CT molecular complexity index is 490. The lowest BCUT2D eigenvalue weighted by Gasteiger charge is -2.05. The molecule has 0 amide bonds. The van der Waals surface area contributed by atoms with Crippen LogP contribution in [0.3, 0.4) is 0 Å². The van der Waals surface area contributed by atoms with Gasteiger partial charge in [-0.05, 0) is 24.6 Å². The van der Waals surface area contributed by atoms with E-state index in [1.165, 1.54) is 0 Å². The van der Waals surface area contributed by atoms with E-state index in [4.69, 9.17) is 16.0 Å². The van der Waals surface area contributed by atoms with Crippen molar-refractivity contribution in [3.63, 3.8) is 0 Å². The highest BCUT2D eigenvalue weighted by molar-refractivity contribution is 6.30. The zero-order valence-electron chi connectivity index (χ0n) is 10.7. The van der Waals surface area contributed by atoms with Crippen molar-refractivity contribution in [2.75, 3.05) is 6.54 Å². The van der Waals surface area contributed by atoms with Crippen molar-refractivity contribution >= 4 is 11.6 Å². The van der Waals surface area contributed by atoms with Crippen LogP contribution in [0.15, 0.2) is 28.9 Å². The van der Waals surface area contributed by atoms with Gasteiger partial charge in [0.25, 0.3) is 0 Å². The first-order valence-electron chi connectivity index (χ1n) is 6.10. The van der Waals surface area contributed by atoms with Gasteiger partial charge in [0.2, 0.25) is 0 Å². The molecule has 5 heteroatoms. The van der Waals surface area contributed by atoms with Gasteiger partial charge in [-0.25, -0.2) is 0 Å². The van der Waals surface area contributed by atoms with Gasteiger partial charge in [0.05, 0.1) is 24.3 Å². The third kappa shape index (κ3) is 3.89. The molecule has 4 nitrogen and oxygen atoms in total. The van der Waals surface area contributed by atoms with Crippen LogP contribution in [0.25, 0.3) is 0 Å². The molecule has 18 heavy (non-hydrogen) atoms. The fourth-order valence-electron chi connectivity index (χ4n) is 1.67. The first-order valence-corrected chi connectivity index (χ1v) is 6.47. The highest BCUT2D eigenvalue weighted by Crippen LogP contribution is 2.11. The first kappa shape index (κ1) is 13.2. The molecule has 0 aliphatic rings. The number of nitrogens with zero attached hydrogens (tertiary/aromatic N) is 2. The van der Waals surface area contributed by atoms with Gasteiger partial charge in [-0.2, -0.15) is 5.10 Å². The van der Waals surface area contributed by atoms with Crippen molar-refractivity contribution < 1.29 is 4.42 Å². The SMILES string of the molecule is CC(C)CNCc1ccc(Cn2cc(Cl)cn2)o1. The second kappa shape index (κ2) is 6.07. The zero-order valence-corrected chi connectivity index (χ0v) is 11.4. The Morgan fingerprint density at radius 2 is 2.17 bits per heavy atom. The maximum absolute atomic E-state index is 5.81. The van der Waals surface area contributed by atoms with Crippen molar-refractivity contribution in [3.8, 4) is 0 Å². The first-order chi connectivity index (χ1) is 8.63. The zero-order chi connectivity index (χ0) is 13.0. The third-order valence-corrected chi connectivity index (χ3v) is 2.68. The number of halogens is 1. The summed E-state index contributed by atoms with van der Waals surface area (Å²) in [5.41, 5.74) is 0. The Balaban J connectivity index is 1.86. The lowest BCUT2D eigenvalue weighted by atomic mass is 10.2. The van der Waals surface area contributed by atoms with Crippen molar-refractivity contribution in [3.05, 3.63) is 41.1 Å². The summed E-state index contributed by atoms with van der Waals surface area (Å²) < 4.78 is 7.47. The van der Waals surface area contributed by atoms with Crippen molar-refractivity contribution in [2.45, 2.75) is 26.9 Å². The summed E-state index contributed by atoms with van der Waals surface area (Å²) in [6, 6.07) is 3.97. The molecule has 98 valence electrons.